The average Bonchev–Trinajstić information content (AvgIpc) is 2.54. The molecule has 1 aromatic carbocycles. The van der Waals surface area contributed by atoms with Gasteiger partial charge in [0.2, 0.25) is 0 Å². The van der Waals surface area contributed by atoms with Gasteiger partial charge in [-0.05, 0) is 15.9 Å². The minimum atomic E-state index is -0.262. The largest absolute Gasteiger partial charge is 0.493 e. The number of carbonyl (C=O) groups excluding carboxylic acids is 1. The third-order valence-corrected chi connectivity index (χ3v) is 5.46. The van der Waals surface area contributed by atoms with Crippen LogP contribution in [-0.2, 0) is 4.74 Å². The number of hydrogen-bond acceptors (Lipinski definition) is 4. The van der Waals surface area contributed by atoms with Gasteiger partial charge in [-0.1, -0.05) is 20.8 Å². The third-order valence-electron chi connectivity index (χ3n) is 4.80. The van der Waals surface area contributed by atoms with Gasteiger partial charge in [-0.15, -0.1) is 0 Å². The van der Waals surface area contributed by atoms with Crippen LogP contribution >= 0.6 is 15.9 Å². The van der Waals surface area contributed by atoms with Crippen molar-refractivity contribution in [1.82, 2.24) is 5.32 Å². The van der Waals surface area contributed by atoms with E-state index in [-0.39, 0.29) is 29.5 Å². The van der Waals surface area contributed by atoms with E-state index in [4.69, 9.17) is 14.2 Å². The Bertz CT molecular complexity index is 621. The van der Waals surface area contributed by atoms with Gasteiger partial charge >= 0.3 is 6.03 Å². The minimum absolute atomic E-state index is 0.0429. The van der Waals surface area contributed by atoms with E-state index in [9.17, 15) is 4.79 Å². The first kappa shape index (κ1) is 18.9. The molecular formula is C17H25BrN2O4. The summed E-state index contributed by atoms with van der Waals surface area (Å²) in [4.78, 5) is 12.4. The molecule has 6 nitrogen and oxygen atoms in total. The van der Waals surface area contributed by atoms with Gasteiger partial charge in [0.25, 0.3) is 0 Å². The smallest absolute Gasteiger partial charge is 0.319 e. The molecule has 24 heavy (non-hydrogen) atoms. The van der Waals surface area contributed by atoms with Crippen LogP contribution in [0.15, 0.2) is 16.6 Å². The Morgan fingerprint density at radius 1 is 1.17 bits per heavy atom. The first-order chi connectivity index (χ1) is 11.3. The number of methoxy groups -OCH3 is 3. The van der Waals surface area contributed by atoms with Gasteiger partial charge in [-0.25, -0.2) is 4.79 Å². The molecule has 134 valence electrons. The standard InChI is InChI=1S/C17H25BrN2O4/c1-9-14(17(2,3)15(9)24-6)20-16(21)19-11-8-13(23-5)12(22-4)7-10(11)18/h7-9,14-15H,1-6H3,(H2,19,20,21)/t9-,14-,15-/m1/s1. The van der Waals surface area contributed by atoms with Crippen LogP contribution in [0.1, 0.15) is 20.8 Å². The van der Waals surface area contributed by atoms with Crippen LogP contribution in [0, 0.1) is 11.3 Å². The minimum Gasteiger partial charge on any atom is -0.493 e. The molecule has 7 heteroatoms. The molecule has 0 heterocycles. The monoisotopic (exact) mass is 400 g/mol. The summed E-state index contributed by atoms with van der Waals surface area (Å²) in [5, 5.41) is 5.89. The normalized spacial score (nSPS) is 24.7. The molecule has 0 spiro atoms. The van der Waals surface area contributed by atoms with E-state index >= 15 is 0 Å². The molecule has 0 unspecified atom stereocenters. The Morgan fingerprint density at radius 3 is 2.25 bits per heavy atom. The number of anilines is 1. The molecule has 1 aliphatic rings. The molecule has 0 aliphatic heterocycles. The lowest BCUT2D eigenvalue weighted by Crippen LogP contribution is -2.68. The number of urea groups is 1. The van der Waals surface area contributed by atoms with Crippen LogP contribution in [0.5, 0.6) is 11.5 Å². The van der Waals surface area contributed by atoms with Crippen molar-refractivity contribution in [3.8, 4) is 11.5 Å². The average molecular weight is 401 g/mol. The van der Waals surface area contributed by atoms with E-state index in [0.717, 1.165) is 0 Å². The van der Waals surface area contributed by atoms with Crippen LogP contribution in [0.4, 0.5) is 10.5 Å². The summed E-state index contributed by atoms with van der Waals surface area (Å²) in [5.74, 6) is 1.39. The molecule has 0 radical (unpaired) electrons. The Balaban J connectivity index is 2.08. The van der Waals surface area contributed by atoms with E-state index in [1.165, 1.54) is 0 Å². The lowest BCUT2D eigenvalue weighted by molar-refractivity contribution is -0.140. The molecule has 2 N–H and O–H groups in total. The van der Waals surface area contributed by atoms with Crippen molar-refractivity contribution in [2.24, 2.45) is 11.3 Å². The van der Waals surface area contributed by atoms with Gasteiger partial charge in [0.15, 0.2) is 11.5 Å². The lowest BCUT2D eigenvalue weighted by Gasteiger charge is -2.56. The summed E-state index contributed by atoms with van der Waals surface area (Å²) in [6, 6.07) is 3.25. The van der Waals surface area contributed by atoms with Crippen molar-refractivity contribution in [3.63, 3.8) is 0 Å². The van der Waals surface area contributed by atoms with Crippen LogP contribution in [-0.4, -0.2) is 39.5 Å². The van der Waals surface area contributed by atoms with E-state index in [1.54, 1.807) is 33.5 Å². The van der Waals surface area contributed by atoms with Crippen molar-refractivity contribution in [3.05, 3.63) is 16.6 Å². The summed E-state index contributed by atoms with van der Waals surface area (Å²) in [5.41, 5.74) is 0.499. The van der Waals surface area contributed by atoms with Gasteiger partial charge in [0.1, 0.15) is 0 Å². The number of carbonyl (C=O) groups is 1. The van der Waals surface area contributed by atoms with Gasteiger partial charge < -0.3 is 24.8 Å². The Hall–Kier alpha value is -1.47. The molecule has 1 aromatic rings. The molecule has 2 amide bonds. The van der Waals surface area contributed by atoms with Crippen molar-refractivity contribution in [2.45, 2.75) is 32.9 Å². The van der Waals surface area contributed by atoms with E-state index in [2.05, 4.69) is 47.3 Å². The fraction of sp³-hybridized carbons (Fsp3) is 0.588. The number of amides is 2. The second kappa shape index (κ2) is 7.19. The van der Waals surface area contributed by atoms with Gasteiger partial charge in [0, 0.05) is 41.1 Å². The van der Waals surface area contributed by atoms with Crippen molar-refractivity contribution in [1.29, 1.82) is 0 Å². The van der Waals surface area contributed by atoms with Crippen LogP contribution in [0.3, 0.4) is 0 Å². The van der Waals surface area contributed by atoms with Crippen molar-refractivity contribution < 1.29 is 19.0 Å². The van der Waals surface area contributed by atoms with E-state index < -0.39 is 0 Å². The topological polar surface area (TPSA) is 68.8 Å². The highest BCUT2D eigenvalue weighted by Gasteiger charge is 2.55. The fourth-order valence-corrected chi connectivity index (χ4v) is 4.10. The molecule has 1 aliphatic carbocycles. The first-order valence-electron chi connectivity index (χ1n) is 7.78. The second-order valence-corrected chi connectivity index (χ2v) is 7.45. The number of halogens is 1. The Labute approximate surface area is 151 Å². The maximum Gasteiger partial charge on any atom is 0.319 e. The van der Waals surface area contributed by atoms with Gasteiger partial charge in [-0.2, -0.15) is 0 Å². The molecule has 0 saturated heterocycles. The summed E-state index contributed by atoms with van der Waals surface area (Å²) < 4.78 is 16.7. The van der Waals surface area contributed by atoms with Crippen LogP contribution in [0.25, 0.3) is 0 Å². The summed E-state index contributed by atoms with van der Waals surface area (Å²) in [6.45, 7) is 6.27. The highest BCUT2D eigenvalue weighted by Crippen LogP contribution is 2.47. The summed E-state index contributed by atoms with van der Waals surface area (Å²) >= 11 is 3.43. The third kappa shape index (κ3) is 3.32. The van der Waals surface area contributed by atoms with E-state index in [1.807, 2.05) is 0 Å². The van der Waals surface area contributed by atoms with Gasteiger partial charge in [0.05, 0.1) is 26.0 Å². The zero-order valence-electron chi connectivity index (χ0n) is 14.9. The van der Waals surface area contributed by atoms with Gasteiger partial charge in [-0.3, -0.25) is 0 Å². The molecule has 0 bridgehead atoms. The zero-order valence-corrected chi connectivity index (χ0v) is 16.5. The number of ether oxygens (including phenoxy) is 3. The zero-order chi connectivity index (χ0) is 18.1. The predicted molar refractivity (Wildman–Crippen MR) is 96.9 cm³/mol. The quantitative estimate of drug-likeness (QED) is 0.791. The number of nitrogens with one attached hydrogen (secondary N) is 2. The lowest BCUT2D eigenvalue weighted by atomic mass is 9.58. The summed E-state index contributed by atoms with van der Waals surface area (Å²) in [7, 11) is 4.83. The molecule has 1 fully saturated rings. The molecular weight excluding hydrogens is 376 g/mol. The van der Waals surface area contributed by atoms with Crippen molar-refractivity contribution >= 4 is 27.6 Å². The predicted octanol–water partition coefficient (Wildman–Crippen LogP) is 3.65. The number of benzene rings is 1. The molecule has 2 rings (SSSR count). The van der Waals surface area contributed by atoms with Crippen LogP contribution < -0.4 is 20.1 Å². The first-order valence-corrected chi connectivity index (χ1v) is 8.57. The summed E-state index contributed by atoms with van der Waals surface area (Å²) in [6.07, 6.45) is 0.135. The fourth-order valence-electron chi connectivity index (χ4n) is 3.67. The number of rotatable bonds is 5. The maximum atomic E-state index is 12.4. The molecule has 1 saturated carbocycles. The second-order valence-electron chi connectivity index (χ2n) is 6.60. The SMILES string of the molecule is COc1cc(Br)c(NC(=O)N[C@@H]2[C@@H](C)[C@@H](OC)C2(C)C)cc1OC. The molecule has 3 atom stereocenters. The highest BCUT2D eigenvalue weighted by molar-refractivity contribution is 9.10. The molecule has 0 aromatic heterocycles. The highest BCUT2D eigenvalue weighted by atomic mass is 79.9. The van der Waals surface area contributed by atoms with Crippen LogP contribution in [0.2, 0.25) is 0 Å². The Kier molecular flexibility index (Phi) is 5.65. The van der Waals surface area contributed by atoms with E-state index in [0.29, 0.717) is 21.7 Å². The number of hydrogen-bond donors (Lipinski definition) is 2. The van der Waals surface area contributed by atoms with Crippen molar-refractivity contribution in [2.75, 3.05) is 26.6 Å². The Morgan fingerprint density at radius 2 is 1.75 bits per heavy atom. The maximum absolute atomic E-state index is 12.4.